The third-order valence-electron chi connectivity index (χ3n) is 4.48. The first-order valence-corrected chi connectivity index (χ1v) is 9.45. The van der Waals surface area contributed by atoms with Gasteiger partial charge in [0.15, 0.2) is 9.84 Å². The Bertz CT molecular complexity index is 441. The van der Waals surface area contributed by atoms with Crippen LogP contribution in [0.5, 0.6) is 0 Å². The molecule has 2 amide bonds. The van der Waals surface area contributed by atoms with Gasteiger partial charge in [-0.1, -0.05) is 33.1 Å². The number of sulfone groups is 1. The average Bonchev–Trinajstić information content (AvgIpc) is 2.32. The molecule has 0 aromatic rings. The maximum absolute atomic E-state index is 12.0. The second-order valence-electron chi connectivity index (χ2n) is 6.49. The highest BCUT2D eigenvalue weighted by Crippen LogP contribution is 2.41. The summed E-state index contributed by atoms with van der Waals surface area (Å²) in [5.41, 5.74) is -0.109. The van der Waals surface area contributed by atoms with Gasteiger partial charge in [-0.15, -0.1) is 0 Å². The number of hydrogen-bond acceptors (Lipinski definition) is 3. The van der Waals surface area contributed by atoms with Crippen LogP contribution < -0.4 is 5.32 Å². The molecule has 1 spiro atoms. The molecule has 1 atom stereocenters. The summed E-state index contributed by atoms with van der Waals surface area (Å²) >= 11 is 0. The van der Waals surface area contributed by atoms with Crippen molar-refractivity contribution in [1.29, 1.82) is 0 Å². The van der Waals surface area contributed by atoms with Gasteiger partial charge in [-0.25, -0.2) is 13.2 Å². The van der Waals surface area contributed by atoms with E-state index in [4.69, 9.17) is 0 Å². The number of rotatable bonds is 6. The van der Waals surface area contributed by atoms with Gasteiger partial charge in [-0.3, -0.25) is 0 Å². The lowest BCUT2D eigenvalue weighted by Crippen LogP contribution is -2.70. The van der Waals surface area contributed by atoms with Crippen LogP contribution in [0.3, 0.4) is 0 Å². The largest absolute Gasteiger partial charge is 0.338 e. The summed E-state index contributed by atoms with van der Waals surface area (Å²) in [5, 5.41) is 2.99. The summed E-state index contributed by atoms with van der Waals surface area (Å²) < 4.78 is 22.4. The molecule has 2 aliphatic rings. The van der Waals surface area contributed by atoms with E-state index in [-0.39, 0.29) is 23.0 Å². The molecule has 0 bridgehead atoms. The van der Waals surface area contributed by atoms with Crippen LogP contribution in [-0.4, -0.2) is 50.5 Å². The summed E-state index contributed by atoms with van der Waals surface area (Å²) in [4.78, 5) is 13.7. The molecule has 2 saturated heterocycles. The summed E-state index contributed by atoms with van der Waals surface area (Å²) in [6, 6.07) is -0.0325. The van der Waals surface area contributed by atoms with Gasteiger partial charge in [0.2, 0.25) is 0 Å². The number of urea groups is 1. The molecule has 1 unspecified atom stereocenters. The Balaban J connectivity index is 1.67. The van der Waals surface area contributed by atoms with Crippen LogP contribution in [0.15, 0.2) is 0 Å². The van der Waals surface area contributed by atoms with E-state index in [1.165, 1.54) is 12.8 Å². The zero-order valence-corrected chi connectivity index (χ0v) is 13.3. The predicted octanol–water partition coefficient (Wildman–Crippen LogP) is 1.64. The zero-order chi connectivity index (χ0) is 14.8. The number of nitrogens with one attached hydrogen (secondary N) is 1. The Morgan fingerprint density at radius 3 is 2.45 bits per heavy atom. The lowest BCUT2D eigenvalue weighted by atomic mass is 9.83. The lowest BCUT2D eigenvalue weighted by molar-refractivity contribution is 0.0546. The minimum atomic E-state index is -2.80. The Hall–Kier alpha value is -0.780. The Morgan fingerprint density at radius 2 is 1.95 bits per heavy atom. The van der Waals surface area contributed by atoms with Crippen molar-refractivity contribution in [3.05, 3.63) is 0 Å². The normalized spacial score (nSPS) is 23.8. The quantitative estimate of drug-likeness (QED) is 0.811. The number of unbranched alkanes of at least 4 members (excludes halogenated alkanes) is 1. The third-order valence-corrected chi connectivity index (χ3v) is 6.58. The molecule has 2 heterocycles. The van der Waals surface area contributed by atoms with Gasteiger partial charge >= 0.3 is 6.03 Å². The van der Waals surface area contributed by atoms with E-state index in [0.29, 0.717) is 19.0 Å². The topological polar surface area (TPSA) is 66.5 Å². The third kappa shape index (κ3) is 3.45. The van der Waals surface area contributed by atoms with Gasteiger partial charge < -0.3 is 10.2 Å². The van der Waals surface area contributed by atoms with E-state index < -0.39 is 9.84 Å². The van der Waals surface area contributed by atoms with Crippen molar-refractivity contribution < 1.29 is 13.2 Å². The van der Waals surface area contributed by atoms with Crippen LogP contribution in [0.25, 0.3) is 0 Å². The van der Waals surface area contributed by atoms with E-state index in [9.17, 15) is 13.2 Å². The van der Waals surface area contributed by atoms with Crippen molar-refractivity contribution in [3.63, 3.8) is 0 Å². The Kier molecular flexibility index (Phi) is 4.62. The molecule has 5 nitrogen and oxygen atoms in total. The first-order chi connectivity index (χ1) is 9.40. The van der Waals surface area contributed by atoms with Crippen LogP contribution in [0.2, 0.25) is 0 Å². The van der Waals surface area contributed by atoms with Crippen molar-refractivity contribution in [3.8, 4) is 0 Å². The van der Waals surface area contributed by atoms with E-state index in [2.05, 4.69) is 19.2 Å². The van der Waals surface area contributed by atoms with Crippen LogP contribution >= 0.6 is 0 Å². The molecule has 1 N–H and O–H groups in total. The lowest BCUT2D eigenvalue weighted by Gasteiger charge is -2.54. The first-order valence-electron chi connectivity index (χ1n) is 7.63. The monoisotopic (exact) mass is 302 g/mol. The van der Waals surface area contributed by atoms with E-state index in [0.717, 1.165) is 19.4 Å². The number of amides is 2. The van der Waals surface area contributed by atoms with Gasteiger partial charge in [0.25, 0.3) is 0 Å². The van der Waals surface area contributed by atoms with Gasteiger partial charge in [-0.05, 0) is 12.3 Å². The molecule has 20 heavy (non-hydrogen) atoms. The van der Waals surface area contributed by atoms with Crippen molar-refractivity contribution in [2.75, 3.05) is 31.1 Å². The zero-order valence-electron chi connectivity index (χ0n) is 12.5. The van der Waals surface area contributed by atoms with Crippen molar-refractivity contribution in [1.82, 2.24) is 10.2 Å². The van der Waals surface area contributed by atoms with Crippen LogP contribution in [0, 0.1) is 11.3 Å². The summed E-state index contributed by atoms with van der Waals surface area (Å²) in [5.74, 6) is 1.08. The molecular formula is C14H26N2O3S. The highest BCUT2D eigenvalue weighted by atomic mass is 32.2. The molecule has 0 aromatic heterocycles. The van der Waals surface area contributed by atoms with E-state index in [1.807, 2.05) is 0 Å². The van der Waals surface area contributed by atoms with Crippen LogP contribution in [-0.2, 0) is 9.84 Å². The molecule has 2 fully saturated rings. The molecule has 116 valence electrons. The van der Waals surface area contributed by atoms with Gasteiger partial charge in [0.1, 0.15) is 0 Å². The van der Waals surface area contributed by atoms with Gasteiger partial charge in [0.05, 0.1) is 11.5 Å². The standard InChI is InChI=1S/C14H26N2O3S/c1-3-5-6-12(4-2)7-15-13(17)16-8-14(9-16)10-20(18,19)11-14/h12H,3-11H2,1-2H3,(H,15,17). The number of nitrogens with zero attached hydrogens (tertiary/aromatic N) is 1. The molecular weight excluding hydrogens is 276 g/mol. The van der Waals surface area contributed by atoms with Crippen molar-refractivity contribution in [2.45, 2.75) is 39.5 Å². The molecule has 6 heteroatoms. The molecule has 0 saturated carbocycles. The Labute approximate surface area is 122 Å². The highest BCUT2D eigenvalue weighted by Gasteiger charge is 2.57. The second-order valence-corrected chi connectivity index (χ2v) is 8.56. The minimum absolute atomic E-state index is 0.0325. The average molecular weight is 302 g/mol. The minimum Gasteiger partial charge on any atom is -0.338 e. The van der Waals surface area contributed by atoms with E-state index in [1.54, 1.807) is 4.90 Å². The number of likely N-dealkylation sites (tertiary alicyclic amines) is 1. The molecule has 0 aromatic carbocycles. The van der Waals surface area contributed by atoms with Gasteiger partial charge in [-0.2, -0.15) is 0 Å². The molecule has 2 rings (SSSR count). The highest BCUT2D eigenvalue weighted by molar-refractivity contribution is 7.92. The summed E-state index contributed by atoms with van der Waals surface area (Å²) in [6.45, 7) is 6.27. The molecule has 2 aliphatic heterocycles. The summed E-state index contributed by atoms with van der Waals surface area (Å²) in [6.07, 6.45) is 4.64. The fraction of sp³-hybridized carbons (Fsp3) is 0.929. The molecule has 0 radical (unpaired) electrons. The maximum Gasteiger partial charge on any atom is 0.317 e. The number of carbonyl (C=O) groups excluding carboxylic acids is 1. The predicted molar refractivity (Wildman–Crippen MR) is 79.4 cm³/mol. The van der Waals surface area contributed by atoms with Crippen molar-refractivity contribution in [2.24, 2.45) is 11.3 Å². The maximum atomic E-state index is 12.0. The first kappa shape index (κ1) is 15.6. The number of hydrogen-bond donors (Lipinski definition) is 1. The van der Waals surface area contributed by atoms with Crippen LogP contribution in [0.4, 0.5) is 4.79 Å². The second kappa shape index (κ2) is 5.92. The fourth-order valence-electron chi connectivity index (χ4n) is 3.27. The fourth-order valence-corrected chi connectivity index (χ4v) is 5.41. The molecule has 0 aliphatic carbocycles. The summed E-state index contributed by atoms with van der Waals surface area (Å²) in [7, 11) is -2.80. The van der Waals surface area contributed by atoms with Crippen LogP contribution in [0.1, 0.15) is 39.5 Å². The van der Waals surface area contributed by atoms with Crippen molar-refractivity contribution >= 4 is 15.9 Å². The van der Waals surface area contributed by atoms with Gasteiger partial charge in [0, 0.05) is 25.0 Å². The van der Waals surface area contributed by atoms with E-state index >= 15 is 0 Å². The smallest absolute Gasteiger partial charge is 0.317 e. The Morgan fingerprint density at radius 1 is 1.30 bits per heavy atom. The SMILES string of the molecule is CCCCC(CC)CNC(=O)N1CC2(C1)CS(=O)(=O)C2. The number of carbonyl (C=O) groups is 1.